The largest absolute Gasteiger partial charge is 0.406 e. The van der Waals surface area contributed by atoms with Crippen molar-refractivity contribution >= 4 is 11.6 Å². The maximum Gasteiger partial charge on any atom is 0.406 e. The highest BCUT2D eigenvalue weighted by atomic mass is 19.4. The van der Waals surface area contributed by atoms with Crippen LogP contribution in [0.25, 0.3) is 5.69 Å². The molecule has 0 saturated carbocycles. The van der Waals surface area contributed by atoms with Crippen molar-refractivity contribution in [3.05, 3.63) is 30.1 Å². The molecule has 0 aliphatic carbocycles. The molecule has 2 aromatic rings. The van der Waals surface area contributed by atoms with E-state index < -0.39 is 24.7 Å². The first kappa shape index (κ1) is 16.2. The van der Waals surface area contributed by atoms with Gasteiger partial charge in [-0.05, 0) is 47.5 Å². The Kier molecular flexibility index (Phi) is 4.12. The molecule has 2 heterocycles. The van der Waals surface area contributed by atoms with Crippen LogP contribution in [0.15, 0.2) is 24.5 Å². The SMILES string of the molecule is Cc1cc(N[C@H]2CCN(CC(F)(F)F)C2=O)ccc1-n1cnnn1. The van der Waals surface area contributed by atoms with Gasteiger partial charge < -0.3 is 10.2 Å². The Morgan fingerprint density at radius 3 is 2.79 bits per heavy atom. The molecule has 24 heavy (non-hydrogen) atoms. The van der Waals surface area contributed by atoms with Gasteiger partial charge in [-0.2, -0.15) is 13.2 Å². The summed E-state index contributed by atoms with van der Waals surface area (Å²) < 4.78 is 38.8. The zero-order valence-electron chi connectivity index (χ0n) is 12.8. The molecule has 1 aliphatic heterocycles. The maximum atomic E-state index is 12.4. The van der Waals surface area contributed by atoms with Gasteiger partial charge in [0.1, 0.15) is 18.9 Å². The highest BCUT2D eigenvalue weighted by Gasteiger charge is 2.39. The van der Waals surface area contributed by atoms with Crippen LogP contribution >= 0.6 is 0 Å². The monoisotopic (exact) mass is 340 g/mol. The lowest BCUT2D eigenvalue weighted by atomic mass is 10.1. The van der Waals surface area contributed by atoms with E-state index in [1.54, 1.807) is 18.2 Å². The summed E-state index contributed by atoms with van der Waals surface area (Å²) in [6.07, 6.45) is -2.58. The Morgan fingerprint density at radius 1 is 1.38 bits per heavy atom. The molecule has 7 nitrogen and oxygen atoms in total. The van der Waals surface area contributed by atoms with Gasteiger partial charge >= 0.3 is 6.18 Å². The quantitative estimate of drug-likeness (QED) is 0.914. The lowest BCUT2D eigenvalue weighted by Crippen LogP contribution is -2.39. The van der Waals surface area contributed by atoms with Crippen LogP contribution in [0.4, 0.5) is 18.9 Å². The first-order valence-corrected chi connectivity index (χ1v) is 7.29. The Morgan fingerprint density at radius 2 is 2.17 bits per heavy atom. The van der Waals surface area contributed by atoms with Crippen molar-refractivity contribution in [3.8, 4) is 5.69 Å². The van der Waals surface area contributed by atoms with Gasteiger partial charge in [0.2, 0.25) is 5.91 Å². The average Bonchev–Trinajstić information content (AvgIpc) is 3.12. The van der Waals surface area contributed by atoms with E-state index in [0.717, 1.165) is 16.2 Å². The molecule has 1 fully saturated rings. The van der Waals surface area contributed by atoms with Crippen molar-refractivity contribution < 1.29 is 18.0 Å². The summed E-state index contributed by atoms with van der Waals surface area (Å²) in [4.78, 5) is 12.9. The molecule has 0 bridgehead atoms. The minimum atomic E-state index is -4.38. The first-order chi connectivity index (χ1) is 11.3. The zero-order chi connectivity index (χ0) is 17.3. The fourth-order valence-corrected chi connectivity index (χ4v) is 2.72. The van der Waals surface area contributed by atoms with Gasteiger partial charge in [0.15, 0.2) is 0 Å². The second kappa shape index (κ2) is 6.10. The minimum Gasteiger partial charge on any atom is -0.374 e. The molecule has 1 aromatic carbocycles. The molecular weight excluding hydrogens is 325 g/mol. The van der Waals surface area contributed by atoms with Crippen LogP contribution in [0.3, 0.4) is 0 Å². The smallest absolute Gasteiger partial charge is 0.374 e. The number of hydrogen-bond acceptors (Lipinski definition) is 5. The minimum absolute atomic E-state index is 0.0949. The van der Waals surface area contributed by atoms with Crippen LogP contribution in [0, 0.1) is 6.92 Å². The van der Waals surface area contributed by atoms with Crippen molar-refractivity contribution in [2.24, 2.45) is 0 Å². The van der Waals surface area contributed by atoms with Crippen molar-refractivity contribution in [2.45, 2.75) is 25.6 Å². The van der Waals surface area contributed by atoms with Gasteiger partial charge in [-0.25, -0.2) is 4.68 Å². The molecule has 0 radical (unpaired) electrons. The van der Waals surface area contributed by atoms with E-state index in [1.165, 1.54) is 11.0 Å². The van der Waals surface area contributed by atoms with Crippen LogP contribution in [-0.4, -0.2) is 56.3 Å². The number of nitrogens with one attached hydrogen (secondary N) is 1. The summed E-state index contributed by atoms with van der Waals surface area (Å²) in [5.41, 5.74) is 2.31. The maximum absolute atomic E-state index is 12.4. The van der Waals surface area contributed by atoms with Gasteiger partial charge in [-0.1, -0.05) is 0 Å². The molecule has 1 atom stereocenters. The Hall–Kier alpha value is -2.65. The van der Waals surface area contributed by atoms with E-state index >= 15 is 0 Å². The Bertz CT molecular complexity index is 731. The third-order valence-electron chi connectivity index (χ3n) is 3.80. The molecule has 10 heteroatoms. The second-order valence-corrected chi connectivity index (χ2v) is 5.62. The lowest BCUT2D eigenvalue weighted by Gasteiger charge is -2.19. The lowest BCUT2D eigenvalue weighted by molar-refractivity contribution is -0.157. The molecule has 1 amide bonds. The highest BCUT2D eigenvalue weighted by Crippen LogP contribution is 2.24. The van der Waals surface area contributed by atoms with Gasteiger partial charge in [-0.15, -0.1) is 5.10 Å². The van der Waals surface area contributed by atoms with Gasteiger partial charge in [0.25, 0.3) is 0 Å². The van der Waals surface area contributed by atoms with Crippen molar-refractivity contribution in [3.63, 3.8) is 0 Å². The number of aryl methyl sites for hydroxylation is 1. The van der Waals surface area contributed by atoms with Crippen LogP contribution in [0.2, 0.25) is 0 Å². The molecule has 0 unspecified atom stereocenters. The van der Waals surface area contributed by atoms with Crippen LogP contribution < -0.4 is 5.32 Å². The number of amides is 1. The summed E-state index contributed by atoms with van der Waals surface area (Å²) in [6.45, 7) is 0.744. The first-order valence-electron chi connectivity index (χ1n) is 7.29. The number of tetrazole rings is 1. The van der Waals surface area contributed by atoms with Crippen LogP contribution in [0.5, 0.6) is 0 Å². The number of benzene rings is 1. The van der Waals surface area contributed by atoms with E-state index in [1.807, 2.05) is 6.92 Å². The highest BCUT2D eigenvalue weighted by molar-refractivity contribution is 5.86. The molecule has 1 saturated heterocycles. The van der Waals surface area contributed by atoms with E-state index in [4.69, 9.17) is 0 Å². The molecule has 128 valence electrons. The topological polar surface area (TPSA) is 75.9 Å². The van der Waals surface area contributed by atoms with Gasteiger partial charge in [0, 0.05) is 12.2 Å². The molecule has 1 aromatic heterocycles. The number of anilines is 1. The summed E-state index contributed by atoms with van der Waals surface area (Å²) in [6, 6.07) is 4.67. The number of likely N-dealkylation sites (tertiary alicyclic amines) is 1. The summed E-state index contributed by atoms with van der Waals surface area (Å²) >= 11 is 0. The normalized spacial score (nSPS) is 18.2. The van der Waals surface area contributed by atoms with E-state index in [9.17, 15) is 18.0 Å². The molecule has 1 aliphatic rings. The Labute approximate surface area is 135 Å². The number of aromatic nitrogens is 4. The summed E-state index contributed by atoms with van der Waals surface area (Å²) in [5.74, 6) is -0.533. The van der Waals surface area contributed by atoms with E-state index in [-0.39, 0.29) is 6.54 Å². The number of alkyl halides is 3. The third kappa shape index (κ3) is 3.47. The van der Waals surface area contributed by atoms with Crippen molar-refractivity contribution in [1.82, 2.24) is 25.1 Å². The fourth-order valence-electron chi connectivity index (χ4n) is 2.72. The summed E-state index contributed by atoms with van der Waals surface area (Å²) in [5, 5.41) is 13.9. The molecule has 3 rings (SSSR count). The second-order valence-electron chi connectivity index (χ2n) is 5.62. The number of rotatable bonds is 4. The van der Waals surface area contributed by atoms with E-state index in [0.29, 0.717) is 12.1 Å². The standard InChI is InChI=1S/C14H15F3N6O/c1-9-6-10(2-3-12(9)23-8-18-20-21-23)19-11-4-5-22(13(11)24)7-14(15,16)17/h2-3,6,8,11,19H,4-5,7H2,1H3/t11-/m0/s1. The number of carbonyl (C=O) groups excluding carboxylic acids is 1. The third-order valence-corrected chi connectivity index (χ3v) is 3.80. The average molecular weight is 340 g/mol. The van der Waals surface area contributed by atoms with Crippen LogP contribution in [0.1, 0.15) is 12.0 Å². The Balaban J connectivity index is 1.69. The predicted molar refractivity (Wildman–Crippen MR) is 78.6 cm³/mol. The predicted octanol–water partition coefficient (Wildman–Crippen LogP) is 1.55. The number of hydrogen-bond donors (Lipinski definition) is 1. The van der Waals surface area contributed by atoms with Gasteiger partial charge in [-0.3, -0.25) is 4.79 Å². The zero-order valence-corrected chi connectivity index (χ0v) is 12.8. The van der Waals surface area contributed by atoms with Gasteiger partial charge in [0.05, 0.1) is 5.69 Å². The number of halogens is 3. The van der Waals surface area contributed by atoms with Crippen molar-refractivity contribution in [2.75, 3.05) is 18.4 Å². The molecule has 1 N–H and O–H groups in total. The molecule has 0 spiro atoms. The van der Waals surface area contributed by atoms with E-state index in [2.05, 4.69) is 20.8 Å². The van der Waals surface area contributed by atoms with Crippen LogP contribution in [-0.2, 0) is 4.79 Å². The fraction of sp³-hybridized carbons (Fsp3) is 0.429. The molecular formula is C14H15F3N6O. The summed E-state index contributed by atoms with van der Waals surface area (Å²) in [7, 11) is 0. The van der Waals surface area contributed by atoms with Crippen molar-refractivity contribution in [1.29, 1.82) is 0 Å². The number of nitrogens with zero attached hydrogens (tertiary/aromatic N) is 5. The number of carbonyl (C=O) groups is 1.